The topological polar surface area (TPSA) is 35.4 Å². The molecule has 1 fully saturated rings. The molecule has 0 spiro atoms. The SMILES string of the molecule is C[C@H]1CCCC[NH+]1Cn1nc(-c2ccccc2)oc1=S. The molecule has 20 heavy (non-hydrogen) atoms. The lowest BCUT2D eigenvalue weighted by molar-refractivity contribution is -0.951. The molecular weight excluding hydrogens is 270 g/mol. The number of nitrogens with zero attached hydrogens (tertiary/aromatic N) is 2. The lowest BCUT2D eigenvalue weighted by atomic mass is 10.0. The lowest BCUT2D eigenvalue weighted by Crippen LogP contribution is -3.15. The van der Waals surface area contributed by atoms with Gasteiger partial charge in [-0.2, -0.15) is 4.68 Å². The van der Waals surface area contributed by atoms with Crippen LogP contribution in [0.2, 0.25) is 0 Å². The van der Waals surface area contributed by atoms with E-state index in [1.165, 1.54) is 25.8 Å². The Kier molecular flexibility index (Phi) is 3.98. The van der Waals surface area contributed by atoms with Crippen molar-refractivity contribution in [3.05, 3.63) is 35.2 Å². The van der Waals surface area contributed by atoms with E-state index in [0.29, 0.717) is 16.8 Å². The predicted molar refractivity (Wildman–Crippen MR) is 79.9 cm³/mol. The number of benzene rings is 1. The van der Waals surface area contributed by atoms with Gasteiger partial charge >= 0.3 is 0 Å². The zero-order chi connectivity index (χ0) is 13.9. The van der Waals surface area contributed by atoms with Gasteiger partial charge in [0.2, 0.25) is 5.89 Å². The van der Waals surface area contributed by atoms with Gasteiger partial charge in [0.25, 0.3) is 4.84 Å². The number of hydrogen-bond donors (Lipinski definition) is 1. The first-order valence-corrected chi connectivity index (χ1v) is 7.63. The summed E-state index contributed by atoms with van der Waals surface area (Å²) in [6.45, 7) is 4.29. The van der Waals surface area contributed by atoms with Crippen molar-refractivity contribution in [3.8, 4) is 11.5 Å². The Morgan fingerprint density at radius 1 is 1.35 bits per heavy atom. The van der Waals surface area contributed by atoms with Crippen molar-refractivity contribution < 1.29 is 9.32 Å². The van der Waals surface area contributed by atoms with Crippen LogP contribution in [0.4, 0.5) is 0 Å². The summed E-state index contributed by atoms with van der Waals surface area (Å²) in [5, 5.41) is 4.53. The molecule has 5 heteroatoms. The van der Waals surface area contributed by atoms with Gasteiger partial charge in [0.1, 0.15) is 0 Å². The molecule has 1 aromatic heterocycles. The van der Waals surface area contributed by atoms with Crippen LogP contribution in [0.25, 0.3) is 11.5 Å². The van der Waals surface area contributed by atoms with Crippen LogP contribution in [0.5, 0.6) is 0 Å². The van der Waals surface area contributed by atoms with Crippen molar-refractivity contribution in [2.75, 3.05) is 6.54 Å². The van der Waals surface area contributed by atoms with Crippen LogP contribution in [-0.4, -0.2) is 22.4 Å². The fourth-order valence-electron chi connectivity index (χ4n) is 2.78. The van der Waals surface area contributed by atoms with Gasteiger partial charge in [-0.1, -0.05) is 18.2 Å². The molecule has 1 aliphatic rings. The number of likely N-dealkylation sites (tertiary alicyclic amines) is 1. The number of hydrogen-bond acceptors (Lipinski definition) is 3. The van der Waals surface area contributed by atoms with Gasteiger partial charge in [-0.15, -0.1) is 5.10 Å². The number of aromatic nitrogens is 2. The van der Waals surface area contributed by atoms with Crippen molar-refractivity contribution >= 4 is 12.2 Å². The predicted octanol–water partition coefficient (Wildman–Crippen LogP) is 2.29. The van der Waals surface area contributed by atoms with Crippen molar-refractivity contribution in [2.24, 2.45) is 0 Å². The first kappa shape index (κ1) is 13.5. The summed E-state index contributed by atoms with van der Waals surface area (Å²) in [7, 11) is 0. The minimum Gasteiger partial charge on any atom is -0.409 e. The molecule has 0 saturated carbocycles. The van der Waals surface area contributed by atoms with Crippen LogP contribution in [0, 0.1) is 4.84 Å². The Bertz CT molecular complexity index is 620. The van der Waals surface area contributed by atoms with Gasteiger partial charge in [-0.05, 0) is 50.5 Å². The summed E-state index contributed by atoms with van der Waals surface area (Å²) in [4.78, 5) is 2.01. The highest BCUT2D eigenvalue weighted by atomic mass is 32.1. The fraction of sp³-hybridized carbons (Fsp3) is 0.467. The fourth-order valence-corrected chi connectivity index (χ4v) is 2.97. The number of quaternary nitrogens is 1. The van der Waals surface area contributed by atoms with Crippen LogP contribution in [-0.2, 0) is 6.67 Å². The molecule has 106 valence electrons. The molecule has 1 saturated heterocycles. The summed E-state index contributed by atoms with van der Waals surface area (Å²) in [5.41, 5.74) is 0.971. The molecule has 1 unspecified atom stereocenters. The van der Waals surface area contributed by atoms with E-state index in [0.717, 1.165) is 12.2 Å². The average molecular weight is 290 g/mol. The van der Waals surface area contributed by atoms with E-state index in [9.17, 15) is 0 Å². The Labute approximate surface area is 124 Å². The summed E-state index contributed by atoms with van der Waals surface area (Å²) in [6, 6.07) is 10.6. The van der Waals surface area contributed by atoms with Gasteiger partial charge in [-0.3, -0.25) is 0 Å². The third-order valence-corrected chi connectivity index (χ3v) is 4.36. The maximum atomic E-state index is 5.63. The van der Waals surface area contributed by atoms with E-state index >= 15 is 0 Å². The molecule has 4 nitrogen and oxygen atoms in total. The van der Waals surface area contributed by atoms with E-state index < -0.39 is 0 Å². The first-order chi connectivity index (χ1) is 9.74. The highest BCUT2D eigenvalue weighted by Gasteiger charge is 2.23. The molecule has 2 aromatic rings. The molecule has 3 rings (SSSR count). The molecule has 1 aliphatic heterocycles. The molecule has 2 atom stereocenters. The number of nitrogens with one attached hydrogen (secondary N) is 1. The van der Waals surface area contributed by atoms with Crippen molar-refractivity contribution in [1.82, 2.24) is 9.78 Å². The maximum Gasteiger partial charge on any atom is 0.292 e. The normalized spacial score (nSPS) is 22.9. The molecule has 0 bridgehead atoms. The monoisotopic (exact) mass is 290 g/mol. The van der Waals surface area contributed by atoms with Gasteiger partial charge < -0.3 is 9.32 Å². The van der Waals surface area contributed by atoms with E-state index in [4.69, 9.17) is 16.6 Å². The molecule has 1 aromatic carbocycles. The minimum absolute atomic E-state index is 0.467. The van der Waals surface area contributed by atoms with Crippen LogP contribution >= 0.6 is 12.2 Å². The quantitative estimate of drug-likeness (QED) is 0.881. The third-order valence-electron chi connectivity index (χ3n) is 4.06. The van der Waals surface area contributed by atoms with Crippen molar-refractivity contribution in [1.29, 1.82) is 0 Å². The van der Waals surface area contributed by atoms with Crippen molar-refractivity contribution in [2.45, 2.75) is 38.9 Å². The van der Waals surface area contributed by atoms with Crippen LogP contribution < -0.4 is 4.90 Å². The Morgan fingerprint density at radius 3 is 2.90 bits per heavy atom. The molecule has 0 amide bonds. The van der Waals surface area contributed by atoms with Crippen LogP contribution in [0.15, 0.2) is 34.7 Å². The Morgan fingerprint density at radius 2 is 2.15 bits per heavy atom. The Balaban J connectivity index is 1.81. The standard InChI is InChI=1S/C15H19N3OS/c1-12-7-5-6-10-17(12)11-18-15(20)19-14(16-18)13-8-3-2-4-9-13/h2-4,8-9,12H,5-7,10-11H2,1H3/p+1/t12-/m0/s1. The second-order valence-electron chi connectivity index (χ2n) is 5.50. The zero-order valence-electron chi connectivity index (χ0n) is 11.7. The average Bonchev–Trinajstić information content (AvgIpc) is 2.84. The van der Waals surface area contributed by atoms with Gasteiger partial charge in [-0.25, -0.2) is 0 Å². The minimum atomic E-state index is 0.467. The zero-order valence-corrected chi connectivity index (χ0v) is 12.5. The van der Waals surface area contributed by atoms with E-state index in [1.54, 1.807) is 4.90 Å². The van der Waals surface area contributed by atoms with Gasteiger partial charge in [0, 0.05) is 5.56 Å². The summed E-state index contributed by atoms with van der Waals surface area (Å²) in [6.07, 6.45) is 3.91. The molecule has 0 radical (unpaired) electrons. The third kappa shape index (κ3) is 2.83. The van der Waals surface area contributed by atoms with Gasteiger partial charge in [0.05, 0.1) is 12.6 Å². The van der Waals surface area contributed by atoms with E-state index in [1.807, 2.05) is 35.0 Å². The molecular formula is C15H20N3OS+. The van der Waals surface area contributed by atoms with Crippen molar-refractivity contribution in [3.63, 3.8) is 0 Å². The maximum absolute atomic E-state index is 5.63. The lowest BCUT2D eigenvalue weighted by Gasteiger charge is -2.29. The molecule has 0 aliphatic carbocycles. The molecule has 1 N–H and O–H groups in total. The number of piperidine rings is 1. The summed E-state index contributed by atoms with van der Waals surface area (Å²) in [5.74, 6) is 0.611. The van der Waals surface area contributed by atoms with Gasteiger partial charge in [0.15, 0.2) is 6.67 Å². The molecule has 2 heterocycles. The summed E-state index contributed by atoms with van der Waals surface area (Å²) >= 11 is 5.30. The second kappa shape index (κ2) is 5.89. The smallest absolute Gasteiger partial charge is 0.292 e. The first-order valence-electron chi connectivity index (χ1n) is 7.22. The van der Waals surface area contributed by atoms with E-state index in [2.05, 4.69) is 12.0 Å². The highest BCUT2D eigenvalue weighted by molar-refractivity contribution is 7.71. The van der Waals surface area contributed by atoms with Crippen LogP contribution in [0.1, 0.15) is 26.2 Å². The summed E-state index contributed by atoms with van der Waals surface area (Å²) < 4.78 is 7.46. The largest absolute Gasteiger partial charge is 0.409 e. The highest BCUT2D eigenvalue weighted by Crippen LogP contribution is 2.16. The van der Waals surface area contributed by atoms with E-state index in [-0.39, 0.29) is 0 Å². The number of rotatable bonds is 3. The second-order valence-corrected chi connectivity index (χ2v) is 5.85. The Hall–Kier alpha value is -1.46. The van der Waals surface area contributed by atoms with Crippen LogP contribution in [0.3, 0.4) is 0 Å².